The van der Waals surface area contributed by atoms with E-state index in [1.165, 1.54) is 11.1 Å². The number of nitrogens with zero attached hydrogens (tertiary/aromatic N) is 3. The van der Waals surface area contributed by atoms with Crippen LogP contribution in [0.1, 0.15) is 44.0 Å². The van der Waals surface area contributed by atoms with E-state index in [1.54, 1.807) is 0 Å². The zero-order valence-corrected chi connectivity index (χ0v) is 14.5. The molecular formula is C17H26ClN3. The van der Waals surface area contributed by atoms with Gasteiger partial charge in [0, 0.05) is 12.6 Å². The maximum Gasteiger partial charge on any atom is 0.127 e. The van der Waals surface area contributed by atoms with Crippen LogP contribution in [0, 0.1) is 6.92 Å². The van der Waals surface area contributed by atoms with Crippen LogP contribution in [0.4, 0.5) is 0 Å². The maximum atomic E-state index is 6.32. The van der Waals surface area contributed by atoms with Crippen LogP contribution in [-0.4, -0.2) is 34.1 Å². The van der Waals surface area contributed by atoms with Crippen molar-refractivity contribution in [3.8, 4) is 0 Å². The third-order valence-corrected chi connectivity index (χ3v) is 4.26. The van der Waals surface area contributed by atoms with Gasteiger partial charge in [-0.2, -0.15) is 0 Å². The van der Waals surface area contributed by atoms with Gasteiger partial charge < -0.3 is 9.47 Å². The second kappa shape index (κ2) is 6.80. The number of alkyl halides is 1. The molecule has 0 amide bonds. The van der Waals surface area contributed by atoms with Gasteiger partial charge in [0.15, 0.2) is 0 Å². The average Bonchev–Trinajstić information content (AvgIpc) is 2.76. The number of imidazole rings is 1. The lowest BCUT2D eigenvalue weighted by molar-refractivity contribution is 0.265. The number of halogens is 1. The molecule has 1 heterocycles. The predicted octanol–water partition coefficient (Wildman–Crippen LogP) is 4.37. The van der Waals surface area contributed by atoms with Crippen LogP contribution in [-0.2, 0) is 6.54 Å². The second-order valence-corrected chi connectivity index (χ2v) is 6.81. The molecule has 1 unspecified atom stereocenters. The van der Waals surface area contributed by atoms with Gasteiger partial charge >= 0.3 is 0 Å². The van der Waals surface area contributed by atoms with E-state index in [0.717, 1.165) is 30.9 Å². The summed E-state index contributed by atoms with van der Waals surface area (Å²) >= 11 is 6.32. The number of aromatic nitrogens is 2. The van der Waals surface area contributed by atoms with Crippen molar-refractivity contribution in [2.75, 3.05) is 13.6 Å². The van der Waals surface area contributed by atoms with E-state index in [1.807, 2.05) is 6.92 Å². The van der Waals surface area contributed by atoms with Gasteiger partial charge in [0.25, 0.3) is 0 Å². The van der Waals surface area contributed by atoms with E-state index < -0.39 is 0 Å². The summed E-state index contributed by atoms with van der Waals surface area (Å²) in [4.78, 5) is 7.09. The van der Waals surface area contributed by atoms with Gasteiger partial charge in [0.2, 0.25) is 0 Å². The maximum absolute atomic E-state index is 6.32. The molecule has 0 aliphatic rings. The van der Waals surface area contributed by atoms with Crippen LogP contribution in [0.5, 0.6) is 0 Å². The summed E-state index contributed by atoms with van der Waals surface area (Å²) in [6.45, 7) is 10.6. The smallest absolute Gasteiger partial charge is 0.127 e. The molecule has 0 aliphatic heterocycles. The Bertz CT molecular complexity index is 601. The van der Waals surface area contributed by atoms with E-state index in [-0.39, 0.29) is 5.38 Å². The van der Waals surface area contributed by atoms with Crippen LogP contribution < -0.4 is 0 Å². The highest BCUT2D eigenvalue weighted by Gasteiger charge is 2.15. The van der Waals surface area contributed by atoms with Crippen molar-refractivity contribution in [2.24, 2.45) is 0 Å². The van der Waals surface area contributed by atoms with Gasteiger partial charge in [0.1, 0.15) is 5.82 Å². The number of rotatable bonds is 6. The molecule has 116 valence electrons. The second-order valence-electron chi connectivity index (χ2n) is 6.16. The van der Waals surface area contributed by atoms with Gasteiger partial charge in [-0.25, -0.2) is 4.98 Å². The lowest BCUT2D eigenvalue weighted by Crippen LogP contribution is -2.28. The summed E-state index contributed by atoms with van der Waals surface area (Å²) in [6, 6.07) is 7.02. The van der Waals surface area contributed by atoms with Gasteiger partial charge in [-0.1, -0.05) is 6.07 Å². The molecular weight excluding hydrogens is 282 g/mol. The summed E-state index contributed by atoms with van der Waals surface area (Å²) in [5.41, 5.74) is 3.48. The van der Waals surface area contributed by atoms with Gasteiger partial charge in [-0.3, -0.25) is 0 Å². The minimum absolute atomic E-state index is 0.0689. The third-order valence-electron chi connectivity index (χ3n) is 4.06. The van der Waals surface area contributed by atoms with Crippen LogP contribution in [0.2, 0.25) is 0 Å². The largest absolute Gasteiger partial charge is 0.327 e. The monoisotopic (exact) mass is 307 g/mol. The molecule has 3 nitrogen and oxygen atoms in total. The Morgan fingerprint density at radius 1 is 1.29 bits per heavy atom. The zero-order chi connectivity index (χ0) is 15.6. The molecule has 1 aromatic heterocycles. The van der Waals surface area contributed by atoms with Crippen molar-refractivity contribution in [3.63, 3.8) is 0 Å². The van der Waals surface area contributed by atoms with Crippen molar-refractivity contribution in [1.29, 1.82) is 0 Å². The lowest BCUT2D eigenvalue weighted by atomic mass is 10.2. The first-order valence-corrected chi connectivity index (χ1v) is 8.15. The standard InChI is InChI=1S/C17H26ClN3/c1-12(2)20(5)9-6-10-21-16-8-7-13(3)11-15(16)19-17(21)14(4)18/h7-8,11-12,14H,6,9-10H2,1-5H3. The third kappa shape index (κ3) is 3.78. The molecule has 0 radical (unpaired) electrons. The van der Waals surface area contributed by atoms with Crippen molar-refractivity contribution >= 4 is 22.6 Å². The molecule has 1 atom stereocenters. The fourth-order valence-electron chi connectivity index (χ4n) is 2.53. The van der Waals surface area contributed by atoms with Crippen molar-refractivity contribution < 1.29 is 0 Å². The molecule has 0 fully saturated rings. The Kier molecular flexibility index (Phi) is 5.28. The van der Waals surface area contributed by atoms with E-state index in [9.17, 15) is 0 Å². The summed E-state index contributed by atoms with van der Waals surface area (Å²) < 4.78 is 2.28. The number of hydrogen-bond donors (Lipinski definition) is 0. The highest BCUT2D eigenvalue weighted by atomic mass is 35.5. The van der Waals surface area contributed by atoms with Gasteiger partial charge in [-0.05, 0) is 65.4 Å². The number of hydrogen-bond acceptors (Lipinski definition) is 2. The number of benzene rings is 1. The molecule has 0 spiro atoms. The van der Waals surface area contributed by atoms with E-state index in [4.69, 9.17) is 16.6 Å². The normalized spacial score (nSPS) is 13.5. The minimum Gasteiger partial charge on any atom is -0.327 e. The summed E-state index contributed by atoms with van der Waals surface area (Å²) in [7, 11) is 2.17. The molecule has 2 aromatic rings. The average molecular weight is 308 g/mol. The van der Waals surface area contributed by atoms with Gasteiger partial charge in [0.05, 0.1) is 16.4 Å². The predicted molar refractivity (Wildman–Crippen MR) is 91.1 cm³/mol. The molecule has 0 aliphatic carbocycles. The van der Waals surface area contributed by atoms with E-state index in [0.29, 0.717) is 6.04 Å². The fourth-order valence-corrected chi connectivity index (χ4v) is 2.70. The number of fused-ring (bicyclic) bond motifs is 1. The van der Waals surface area contributed by atoms with Crippen LogP contribution >= 0.6 is 11.6 Å². The molecule has 0 saturated heterocycles. The summed E-state index contributed by atoms with van der Waals surface area (Å²) in [6.07, 6.45) is 1.10. The highest BCUT2D eigenvalue weighted by Crippen LogP contribution is 2.25. The van der Waals surface area contributed by atoms with Crippen molar-refractivity contribution in [3.05, 3.63) is 29.6 Å². The Labute approximate surface area is 132 Å². The quantitative estimate of drug-likeness (QED) is 0.739. The topological polar surface area (TPSA) is 21.1 Å². The Morgan fingerprint density at radius 2 is 2.00 bits per heavy atom. The zero-order valence-electron chi connectivity index (χ0n) is 13.7. The summed E-state index contributed by atoms with van der Waals surface area (Å²) in [5, 5.41) is -0.0689. The van der Waals surface area contributed by atoms with Gasteiger partial charge in [-0.15, -0.1) is 11.6 Å². The Balaban J connectivity index is 2.22. The first-order chi connectivity index (χ1) is 9.90. The first-order valence-electron chi connectivity index (χ1n) is 7.71. The molecule has 1 aromatic carbocycles. The minimum atomic E-state index is -0.0689. The highest BCUT2D eigenvalue weighted by molar-refractivity contribution is 6.20. The van der Waals surface area contributed by atoms with E-state index >= 15 is 0 Å². The Hall–Kier alpha value is -1.06. The van der Waals surface area contributed by atoms with Crippen LogP contribution in [0.25, 0.3) is 11.0 Å². The summed E-state index contributed by atoms with van der Waals surface area (Å²) in [5.74, 6) is 0.976. The fraction of sp³-hybridized carbons (Fsp3) is 0.588. The van der Waals surface area contributed by atoms with E-state index in [2.05, 4.69) is 55.5 Å². The molecule has 21 heavy (non-hydrogen) atoms. The SMILES string of the molecule is Cc1ccc2c(c1)nc(C(C)Cl)n2CCCN(C)C(C)C. The molecule has 4 heteroatoms. The molecule has 0 bridgehead atoms. The lowest BCUT2D eigenvalue weighted by Gasteiger charge is -2.21. The molecule has 0 N–H and O–H groups in total. The number of aryl methyl sites for hydroxylation is 2. The Morgan fingerprint density at radius 3 is 2.62 bits per heavy atom. The van der Waals surface area contributed by atoms with Crippen molar-refractivity contribution in [2.45, 2.75) is 52.1 Å². The molecule has 0 saturated carbocycles. The van der Waals surface area contributed by atoms with Crippen LogP contribution in [0.3, 0.4) is 0 Å². The molecule has 2 rings (SSSR count). The first kappa shape index (κ1) is 16.3. The van der Waals surface area contributed by atoms with Crippen LogP contribution in [0.15, 0.2) is 18.2 Å². The van der Waals surface area contributed by atoms with Crippen molar-refractivity contribution in [1.82, 2.24) is 14.5 Å².